The Balaban J connectivity index is 3.09. The van der Waals surface area contributed by atoms with Crippen LogP contribution in [-0.4, -0.2) is 42.1 Å². The fourth-order valence-electron chi connectivity index (χ4n) is 2.25. The smallest absolute Gasteiger partial charge is 0.343 e. The fourth-order valence-corrected chi connectivity index (χ4v) is 2.25. The van der Waals surface area contributed by atoms with E-state index in [0.29, 0.717) is 5.69 Å². The molecule has 0 aliphatic rings. The molecule has 0 fully saturated rings. The molecule has 0 aliphatic carbocycles. The summed E-state index contributed by atoms with van der Waals surface area (Å²) in [7, 11) is 0. The van der Waals surface area contributed by atoms with Crippen molar-refractivity contribution in [2.24, 2.45) is 0 Å². The predicted octanol–water partition coefficient (Wildman–Crippen LogP) is 2.41. The summed E-state index contributed by atoms with van der Waals surface area (Å²) in [5, 5.41) is 2.58. The standard InChI is InChI=1S/C17H24N2O5/c1-6-19(7-2)12(4)23-17(22)15-10-14(18-11(3)20)8-9-16(15)24-13(5)21/h8-10,12H,6-7H2,1-5H3,(H,18,20). The zero-order chi connectivity index (χ0) is 18.3. The van der Waals surface area contributed by atoms with E-state index in [1.165, 1.54) is 26.0 Å². The fraction of sp³-hybridized carbons (Fsp3) is 0.471. The molecule has 0 radical (unpaired) electrons. The van der Waals surface area contributed by atoms with Crippen molar-refractivity contribution in [3.8, 4) is 5.75 Å². The van der Waals surface area contributed by atoms with E-state index in [-0.39, 0.29) is 17.2 Å². The van der Waals surface area contributed by atoms with Crippen LogP contribution in [0.2, 0.25) is 0 Å². The number of benzene rings is 1. The lowest BCUT2D eigenvalue weighted by Gasteiger charge is -2.26. The number of ether oxygens (including phenoxy) is 2. The average molecular weight is 336 g/mol. The van der Waals surface area contributed by atoms with Crippen molar-refractivity contribution >= 4 is 23.5 Å². The number of rotatable bonds is 7. The average Bonchev–Trinajstić information content (AvgIpc) is 2.48. The molecule has 132 valence electrons. The Bertz CT molecular complexity index is 611. The summed E-state index contributed by atoms with van der Waals surface area (Å²) in [5.74, 6) is -1.36. The van der Waals surface area contributed by atoms with Crippen LogP contribution >= 0.6 is 0 Å². The molecule has 1 aromatic rings. The number of anilines is 1. The quantitative estimate of drug-likeness (QED) is 0.467. The van der Waals surface area contributed by atoms with Crippen LogP contribution in [-0.2, 0) is 14.3 Å². The number of carbonyl (C=O) groups is 3. The highest BCUT2D eigenvalue weighted by molar-refractivity contribution is 5.96. The van der Waals surface area contributed by atoms with Crippen LogP contribution in [0.3, 0.4) is 0 Å². The highest BCUT2D eigenvalue weighted by Gasteiger charge is 2.21. The molecule has 1 atom stereocenters. The molecule has 0 aliphatic heterocycles. The van der Waals surface area contributed by atoms with Crippen LogP contribution < -0.4 is 10.1 Å². The second-order valence-electron chi connectivity index (χ2n) is 5.21. The third-order valence-electron chi connectivity index (χ3n) is 3.38. The van der Waals surface area contributed by atoms with Crippen molar-refractivity contribution in [2.45, 2.75) is 40.8 Å². The van der Waals surface area contributed by atoms with Gasteiger partial charge in [-0.15, -0.1) is 0 Å². The van der Waals surface area contributed by atoms with E-state index in [2.05, 4.69) is 5.32 Å². The third-order valence-corrected chi connectivity index (χ3v) is 3.38. The Kier molecular flexibility index (Phi) is 7.38. The van der Waals surface area contributed by atoms with Crippen LogP contribution in [0, 0.1) is 0 Å². The first-order chi connectivity index (χ1) is 11.3. The molecule has 1 aromatic carbocycles. The molecule has 1 N–H and O–H groups in total. The van der Waals surface area contributed by atoms with Crippen molar-refractivity contribution < 1.29 is 23.9 Å². The minimum absolute atomic E-state index is 0.0791. The molecule has 0 saturated carbocycles. The van der Waals surface area contributed by atoms with E-state index in [4.69, 9.17) is 9.47 Å². The van der Waals surface area contributed by atoms with Gasteiger partial charge in [-0.2, -0.15) is 0 Å². The normalized spacial score (nSPS) is 11.8. The van der Waals surface area contributed by atoms with Crippen LogP contribution in [0.1, 0.15) is 45.0 Å². The molecule has 24 heavy (non-hydrogen) atoms. The van der Waals surface area contributed by atoms with Crippen molar-refractivity contribution in [1.82, 2.24) is 4.90 Å². The van der Waals surface area contributed by atoms with Gasteiger partial charge >= 0.3 is 11.9 Å². The summed E-state index contributed by atoms with van der Waals surface area (Å²) in [5.41, 5.74) is 0.497. The number of amides is 1. The molecular weight excluding hydrogens is 312 g/mol. The van der Waals surface area contributed by atoms with E-state index in [0.717, 1.165) is 13.1 Å². The Morgan fingerprint density at radius 2 is 1.79 bits per heavy atom. The molecule has 1 amide bonds. The molecule has 0 spiro atoms. The molecule has 1 rings (SSSR count). The zero-order valence-electron chi connectivity index (χ0n) is 14.7. The lowest BCUT2D eigenvalue weighted by atomic mass is 10.1. The van der Waals surface area contributed by atoms with E-state index in [1.54, 1.807) is 13.0 Å². The second kappa shape index (κ2) is 9.02. The van der Waals surface area contributed by atoms with Gasteiger partial charge in [0.25, 0.3) is 0 Å². The lowest BCUT2D eigenvalue weighted by molar-refractivity contribution is -0.131. The van der Waals surface area contributed by atoms with Crippen molar-refractivity contribution in [2.75, 3.05) is 18.4 Å². The number of carbonyl (C=O) groups excluding carboxylic acids is 3. The van der Waals surface area contributed by atoms with Gasteiger partial charge < -0.3 is 14.8 Å². The SMILES string of the molecule is CCN(CC)C(C)OC(=O)c1cc(NC(C)=O)ccc1OC(C)=O. The van der Waals surface area contributed by atoms with Crippen LogP contribution in [0.5, 0.6) is 5.75 Å². The summed E-state index contributed by atoms with van der Waals surface area (Å²) in [6.07, 6.45) is -0.429. The molecule has 0 bridgehead atoms. The van der Waals surface area contributed by atoms with Gasteiger partial charge in [-0.05, 0) is 38.2 Å². The zero-order valence-corrected chi connectivity index (χ0v) is 14.7. The topological polar surface area (TPSA) is 84.9 Å². The minimum atomic E-state index is -0.627. The first-order valence-electron chi connectivity index (χ1n) is 7.83. The summed E-state index contributed by atoms with van der Waals surface area (Å²) in [6, 6.07) is 4.42. The maximum atomic E-state index is 12.5. The van der Waals surface area contributed by atoms with Crippen molar-refractivity contribution in [3.05, 3.63) is 23.8 Å². The van der Waals surface area contributed by atoms with Gasteiger partial charge in [-0.3, -0.25) is 14.5 Å². The highest BCUT2D eigenvalue weighted by Crippen LogP contribution is 2.25. The van der Waals surface area contributed by atoms with Crippen LogP contribution in [0.15, 0.2) is 18.2 Å². The molecule has 0 heterocycles. The Morgan fingerprint density at radius 3 is 2.29 bits per heavy atom. The van der Waals surface area contributed by atoms with E-state index >= 15 is 0 Å². The van der Waals surface area contributed by atoms with Crippen molar-refractivity contribution in [1.29, 1.82) is 0 Å². The predicted molar refractivity (Wildman–Crippen MR) is 89.9 cm³/mol. The Labute approximate surface area is 141 Å². The lowest BCUT2D eigenvalue weighted by Crippen LogP contribution is -2.36. The number of hydrogen-bond donors (Lipinski definition) is 1. The number of esters is 2. The van der Waals surface area contributed by atoms with Crippen molar-refractivity contribution in [3.63, 3.8) is 0 Å². The van der Waals surface area contributed by atoms with Gasteiger partial charge in [0, 0.05) is 19.5 Å². The Morgan fingerprint density at radius 1 is 1.17 bits per heavy atom. The van der Waals surface area contributed by atoms with E-state index < -0.39 is 18.2 Å². The molecule has 0 aromatic heterocycles. The first-order valence-corrected chi connectivity index (χ1v) is 7.83. The van der Waals surface area contributed by atoms with Gasteiger partial charge in [-0.1, -0.05) is 13.8 Å². The summed E-state index contributed by atoms with van der Waals surface area (Å²) in [6.45, 7) is 9.77. The second-order valence-corrected chi connectivity index (χ2v) is 5.21. The minimum Gasteiger partial charge on any atom is -0.443 e. The third kappa shape index (κ3) is 5.66. The Hall–Kier alpha value is -2.41. The van der Waals surface area contributed by atoms with Gasteiger partial charge in [-0.25, -0.2) is 4.79 Å². The van der Waals surface area contributed by atoms with Crippen LogP contribution in [0.4, 0.5) is 5.69 Å². The van der Waals surface area contributed by atoms with E-state index in [1.807, 2.05) is 18.7 Å². The first kappa shape index (κ1) is 19.6. The number of nitrogens with one attached hydrogen (secondary N) is 1. The largest absolute Gasteiger partial charge is 0.443 e. The summed E-state index contributed by atoms with van der Waals surface area (Å²) in [4.78, 5) is 36.8. The van der Waals surface area contributed by atoms with Gasteiger partial charge in [0.15, 0.2) is 6.23 Å². The van der Waals surface area contributed by atoms with E-state index in [9.17, 15) is 14.4 Å². The molecule has 1 unspecified atom stereocenters. The maximum Gasteiger partial charge on any atom is 0.343 e. The highest BCUT2D eigenvalue weighted by atomic mass is 16.6. The summed E-state index contributed by atoms with van der Waals surface area (Å²) < 4.78 is 10.5. The van der Waals surface area contributed by atoms with Gasteiger partial charge in [0.2, 0.25) is 5.91 Å². The summed E-state index contributed by atoms with van der Waals surface area (Å²) >= 11 is 0. The maximum absolute atomic E-state index is 12.5. The molecule has 7 heteroatoms. The molecule has 7 nitrogen and oxygen atoms in total. The van der Waals surface area contributed by atoms with Gasteiger partial charge in [0.1, 0.15) is 11.3 Å². The molecule has 0 saturated heterocycles. The number of nitrogens with zero attached hydrogens (tertiary/aromatic N) is 1. The monoisotopic (exact) mass is 336 g/mol. The number of hydrogen-bond acceptors (Lipinski definition) is 6. The van der Waals surface area contributed by atoms with Gasteiger partial charge in [0.05, 0.1) is 0 Å². The molecular formula is C17H24N2O5. The van der Waals surface area contributed by atoms with Crippen LogP contribution in [0.25, 0.3) is 0 Å².